The Morgan fingerprint density at radius 2 is 1.65 bits per heavy atom. The average molecular weight is 745 g/mol. The summed E-state index contributed by atoms with van der Waals surface area (Å²) in [5.41, 5.74) is 5.72. The molecule has 0 bridgehead atoms. The minimum atomic E-state index is -1.25. The van der Waals surface area contributed by atoms with Crippen LogP contribution < -0.4 is 9.47 Å². The van der Waals surface area contributed by atoms with Gasteiger partial charge in [-0.1, -0.05) is 109 Å². The molecule has 2 aliphatic carbocycles. The number of aliphatic hydroxyl groups excluding tert-OH is 2. The van der Waals surface area contributed by atoms with E-state index in [1.165, 1.54) is 0 Å². The zero-order valence-corrected chi connectivity index (χ0v) is 31.4. The third kappa shape index (κ3) is 8.03. The molecular weight excluding hydrogens is 693 g/mol. The van der Waals surface area contributed by atoms with E-state index in [9.17, 15) is 10.2 Å². The lowest BCUT2D eigenvalue weighted by atomic mass is 9.55. The number of rotatable bonds is 19. The van der Waals surface area contributed by atoms with Gasteiger partial charge in [0.2, 0.25) is 5.79 Å². The van der Waals surface area contributed by atoms with Gasteiger partial charge in [-0.05, 0) is 66.9 Å². The van der Waals surface area contributed by atoms with Crippen LogP contribution in [0.3, 0.4) is 0 Å². The first-order valence-electron chi connectivity index (χ1n) is 19.6. The number of hydrogen-bond donors (Lipinski definition) is 2. The third-order valence-corrected chi connectivity index (χ3v) is 11.2. The van der Waals surface area contributed by atoms with Gasteiger partial charge in [-0.2, -0.15) is 0 Å². The Kier molecular flexibility index (Phi) is 12.6. The van der Waals surface area contributed by atoms with Crippen LogP contribution in [0.2, 0.25) is 0 Å². The molecule has 10 heteroatoms. The van der Waals surface area contributed by atoms with Gasteiger partial charge >= 0.3 is 0 Å². The largest absolute Gasteiger partial charge is 0.490 e. The lowest BCUT2D eigenvalue weighted by Gasteiger charge is -2.58. The Balaban J connectivity index is 1.45. The van der Waals surface area contributed by atoms with Crippen molar-refractivity contribution in [3.8, 4) is 22.8 Å². The van der Waals surface area contributed by atoms with Crippen molar-refractivity contribution in [3.63, 3.8) is 0 Å². The van der Waals surface area contributed by atoms with Crippen molar-refractivity contribution in [2.75, 3.05) is 26.4 Å². The fraction of sp³-hybridized carbons (Fsp3) is 0.400. The van der Waals surface area contributed by atoms with Crippen molar-refractivity contribution in [3.05, 3.63) is 133 Å². The molecule has 6 atom stereocenters. The quantitative estimate of drug-likeness (QED) is 0.0560. The molecule has 3 aliphatic rings. The summed E-state index contributed by atoms with van der Waals surface area (Å²) in [5, 5.41) is 33.9. The summed E-state index contributed by atoms with van der Waals surface area (Å²) in [4.78, 5) is 6.21. The molecule has 0 radical (unpaired) electrons. The predicted octanol–water partition coefficient (Wildman–Crippen LogP) is 8.22. The fourth-order valence-corrected chi connectivity index (χ4v) is 8.87. The second-order valence-electron chi connectivity index (χ2n) is 14.6. The van der Waals surface area contributed by atoms with E-state index < -0.39 is 11.8 Å². The lowest BCUT2D eigenvalue weighted by molar-refractivity contribution is -0.252. The van der Waals surface area contributed by atoms with E-state index >= 15 is 0 Å². The van der Waals surface area contributed by atoms with Gasteiger partial charge < -0.3 is 29.3 Å². The van der Waals surface area contributed by atoms with Crippen LogP contribution in [0.1, 0.15) is 68.0 Å². The zero-order chi connectivity index (χ0) is 38.0. The average Bonchev–Trinajstić information content (AvgIpc) is 3.71. The highest BCUT2D eigenvalue weighted by Crippen LogP contribution is 2.63. The number of aromatic nitrogens is 3. The van der Waals surface area contributed by atoms with Gasteiger partial charge in [0.05, 0.1) is 30.1 Å². The van der Waals surface area contributed by atoms with E-state index in [0.29, 0.717) is 26.1 Å². The second kappa shape index (κ2) is 18.1. The molecule has 4 aromatic rings. The molecule has 0 unspecified atom stereocenters. The lowest BCUT2D eigenvalue weighted by Crippen LogP contribution is -2.63. The van der Waals surface area contributed by atoms with Gasteiger partial charge in [-0.25, -0.2) is 4.68 Å². The highest BCUT2D eigenvalue weighted by Gasteiger charge is 2.65. The molecule has 2 heterocycles. The zero-order valence-electron chi connectivity index (χ0n) is 31.4. The molecule has 2 N–H and O–H groups in total. The molecule has 55 heavy (non-hydrogen) atoms. The number of unbranched alkanes of at least 4 members (excludes halogenated alkanes) is 2. The van der Waals surface area contributed by atoms with E-state index in [-0.39, 0.29) is 43.5 Å². The molecule has 0 amide bonds. The van der Waals surface area contributed by atoms with Gasteiger partial charge in [0, 0.05) is 36.7 Å². The van der Waals surface area contributed by atoms with Crippen LogP contribution in [-0.2, 0) is 16.2 Å². The summed E-state index contributed by atoms with van der Waals surface area (Å²) in [5.74, 6) is 0.0898. The molecular formula is C45H52N4O6. The summed E-state index contributed by atoms with van der Waals surface area (Å²) in [6.45, 7) is 9.13. The first-order valence-corrected chi connectivity index (χ1v) is 19.6. The van der Waals surface area contributed by atoms with Crippen molar-refractivity contribution in [1.29, 1.82) is 0 Å². The highest BCUT2D eigenvalue weighted by atomic mass is 16.7. The minimum absolute atomic E-state index is 0.0931. The molecule has 0 spiro atoms. The number of oxime groups is 1. The highest BCUT2D eigenvalue weighted by molar-refractivity contribution is 6.02. The van der Waals surface area contributed by atoms with Crippen LogP contribution in [0.5, 0.6) is 11.5 Å². The Morgan fingerprint density at radius 3 is 2.40 bits per heavy atom. The van der Waals surface area contributed by atoms with E-state index in [1.807, 2.05) is 65.3 Å². The van der Waals surface area contributed by atoms with Gasteiger partial charge in [-0.15, -0.1) is 11.7 Å². The normalized spacial score (nSPS) is 24.6. The molecule has 1 aromatic heterocycles. The van der Waals surface area contributed by atoms with Crippen molar-refractivity contribution >= 4 is 5.71 Å². The summed E-state index contributed by atoms with van der Waals surface area (Å²) in [7, 11) is 0. The van der Waals surface area contributed by atoms with Crippen LogP contribution in [0.4, 0.5) is 0 Å². The van der Waals surface area contributed by atoms with Gasteiger partial charge in [-0.3, -0.25) is 0 Å². The molecule has 3 aromatic carbocycles. The molecule has 1 aliphatic heterocycles. The number of hydrogen-bond acceptors (Lipinski definition) is 9. The number of aliphatic hydroxyl groups is 2. The molecule has 1 fully saturated rings. The number of allylic oxidation sites excluding steroid dienone is 1. The maximum Gasteiger partial charge on any atom is 0.241 e. The van der Waals surface area contributed by atoms with Crippen LogP contribution >= 0.6 is 0 Å². The third-order valence-electron chi connectivity index (χ3n) is 11.2. The number of fused-ring (bicyclic) bond motifs is 2. The smallest absolute Gasteiger partial charge is 0.241 e. The topological polar surface area (TPSA) is 120 Å². The summed E-state index contributed by atoms with van der Waals surface area (Å²) >= 11 is 0. The Labute approximate surface area is 323 Å². The molecule has 1 saturated carbocycles. The first kappa shape index (κ1) is 38.3. The van der Waals surface area contributed by atoms with Crippen molar-refractivity contribution in [1.82, 2.24) is 15.0 Å². The predicted molar refractivity (Wildman–Crippen MR) is 213 cm³/mol. The summed E-state index contributed by atoms with van der Waals surface area (Å²) in [6.07, 6.45) is 13.0. The van der Waals surface area contributed by atoms with Crippen LogP contribution in [0.15, 0.2) is 127 Å². The first-order chi connectivity index (χ1) is 27.1. The minimum Gasteiger partial charge on any atom is -0.490 e. The standard InChI is InChI=1S/C45H52N4O6/c1-3-25-52-35-21-22-41-38(28-35)43-36(20-12-14-24-51)34(19-11-13-23-50)27-37-39(47-54-31-32-15-7-5-8-16-32)29-42(45(55-41,44(37)43)53-26-4-2)49-40(30-46-48-49)33-17-9-6-10-18-33/h3-10,15-18,21-22,27-28,30,34,36,42-44,50-51H,1-2,11-14,19-20,23-26,29,31H2/t34-,36+,42-,43+,44+,45+/m0/s1. The Bertz CT molecular complexity index is 1940. The van der Waals surface area contributed by atoms with Crippen molar-refractivity contribution in [2.45, 2.75) is 69.3 Å². The van der Waals surface area contributed by atoms with Crippen LogP contribution in [0, 0.1) is 17.8 Å². The Hall–Kier alpha value is -5.03. The van der Waals surface area contributed by atoms with Gasteiger partial charge in [0.15, 0.2) is 0 Å². The molecule has 10 nitrogen and oxygen atoms in total. The number of nitrogens with zero attached hydrogens (tertiary/aromatic N) is 4. The maximum absolute atomic E-state index is 9.91. The SMILES string of the molecule is C=CCOc1ccc2c(c1)[C@H]1[C@H](CCCCO)[C@@H](CCCCO)C=C3C(=NOCc4ccccc4)C[C@H](n4nncc4-c4ccccc4)[C@@](OCC=C)(O2)[C@H]31. The molecule has 288 valence electrons. The maximum atomic E-state index is 9.91. The van der Waals surface area contributed by atoms with Crippen molar-refractivity contribution in [2.24, 2.45) is 22.9 Å². The van der Waals surface area contributed by atoms with Crippen LogP contribution in [0.25, 0.3) is 11.3 Å². The monoisotopic (exact) mass is 744 g/mol. The molecule has 7 rings (SSSR count). The summed E-state index contributed by atoms with van der Waals surface area (Å²) in [6, 6.07) is 25.7. The molecule has 0 saturated heterocycles. The number of ether oxygens (including phenoxy) is 3. The van der Waals surface area contributed by atoms with Gasteiger partial charge in [0.1, 0.15) is 30.8 Å². The number of benzene rings is 3. The van der Waals surface area contributed by atoms with E-state index in [0.717, 1.165) is 77.3 Å². The second-order valence-corrected chi connectivity index (χ2v) is 14.6. The van der Waals surface area contributed by atoms with Crippen LogP contribution in [-0.4, -0.2) is 63.1 Å². The van der Waals surface area contributed by atoms with E-state index in [2.05, 4.69) is 42.5 Å². The Morgan fingerprint density at radius 1 is 0.909 bits per heavy atom. The van der Waals surface area contributed by atoms with E-state index in [4.69, 9.17) is 29.4 Å². The fourth-order valence-electron chi connectivity index (χ4n) is 8.87. The van der Waals surface area contributed by atoms with Gasteiger partial charge in [0.25, 0.3) is 0 Å². The van der Waals surface area contributed by atoms with Crippen molar-refractivity contribution < 1.29 is 29.3 Å². The van der Waals surface area contributed by atoms with E-state index in [1.54, 1.807) is 18.3 Å². The summed E-state index contributed by atoms with van der Waals surface area (Å²) < 4.78 is 22.5.